The fourth-order valence-corrected chi connectivity index (χ4v) is 2.72. The van der Waals surface area contributed by atoms with Gasteiger partial charge in [-0.3, -0.25) is 14.2 Å². The molecule has 7 nitrogen and oxygen atoms in total. The highest BCUT2D eigenvalue weighted by atomic mass is 16.3. The Morgan fingerprint density at radius 3 is 2.76 bits per heavy atom. The number of furan rings is 1. The lowest BCUT2D eigenvalue weighted by atomic mass is 10.1. The van der Waals surface area contributed by atoms with Gasteiger partial charge in [0.05, 0.1) is 5.56 Å². The van der Waals surface area contributed by atoms with Crippen molar-refractivity contribution in [2.75, 3.05) is 5.32 Å². The van der Waals surface area contributed by atoms with Crippen LogP contribution in [0.5, 0.6) is 0 Å². The Hall–Kier alpha value is -2.96. The van der Waals surface area contributed by atoms with Gasteiger partial charge in [-0.2, -0.15) is 0 Å². The van der Waals surface area contributed by atoms with Crippen molar-refractivity contribution in [2.45, 2.75) is 34.2 Å². The molecule has 0 aliphatic heterocycles. The van der Waals surface area contributed by atoms with Gasteiger partial charge in [-0.1, -0.05) is 19.9 Å². The molecule has 3 rings (SSSR count). The molecule has 3 aromatic heterocycles. The van der Waals surface area contributed by atoms with Crippen LogP contribution in [0.3, 0.4) is 0 Å². The number of carbonyl (C=O) groups excluding carboxylic acids is 1. The van der Waals surface area contributed by atoms with Crippen LogP contribution in [-0.4, -0.2) is 20.4 Å². The third kappa shape index (κ3) is 3.17. The maximum Gasteiger partial charge on any atom is 0.265 e. The minimum atomic E-state index is -0.431. The molecule has 3 aromatic rings. The Kier molecular flexibility index (Phi) is 4.39. The molecule has 0 saturated heterocycles. The quantitative estimate of drug-likeness (QED) is 0.788. The fraction of sp³-hybridized carbons (Fsp3) is 0.333. The van der Waals surface area contributed by atoms with Gasteiger partial charge in [0.15, 0.2) is 0 Å². The van der Waals surface area contributed by atoms with Crippen LogP contribution >= 0.6 is 0 Å². The molecular weight excluding hydrogens is 320 g/mol. The Morgan fingerprint density at radius 1 is 1.32 bits per heavy atom. The zero-order chi connectivity index (χ0) is 18.1. The summed E-state index contributed by atoms with van der Waals surface area (Å²) in [6.45, 7) is 8.03. The van der Waals surface area contributed by atoms with E-state index in [9.17, 15) is 9.59 Å². The van der Waals surface area contributed by atoms with Crippen LogP contribution in [0.2, 0.25) is 0 Å². The third-order valence-electron chi connectivity index (χ3n) is 3.89. The van der Waals surface area contributed by atoms with E-state index in [-0.39, 0.29) is 28.1 Å². The Morgan fingerprint density at radius 2 is 2.08 bits per heavy atom. The topological polar surface area (TPSA) is 90.0 Å². The van der Waals surface area contributed by atoms with Gasteiger partial charge in [0.2, 0.25) is 5.71 Å². The van der Waals surface area contributed by atoms with Gasteiger partial charge in [-0.15, -0.1) is 0 Å². The monoisotopic (exact) mass is 340 g/mol. The van der Waals surface area contributed by atoms with Crippen molar-refractivity contribution in [3.63, 3.8) is 0 Å². The highest BCUT2D eigenvalue weighted by Gasteiger charge is 2.23. The van der Waals surface area contributed by atoms with Crippen molar-refractivity contribution in [1.29, 1.82) is 0 Å². The van der Waals surface area contributed by atoms with Crippen molar-refractivity contribution >= 4 is 22.8 Å². The van der Waals surface area contributed by atoms with E-state index in [0.29, 0.717) is 18.1 Å². The number of amides is 1. The van der Waals surface area contributed by atoms with Crippen LogP contribution in [0, 0.1) is 19.8 Å². The molecule has 3 heterocycles. The molecule has 0 aliphatic rings. The summed E-state index contributed by atoms with van der Waals surface area (Å²) in [4.78, 5) is 33.9. The van der Waals surface area contributed by atoms with Gasteiger partial charge in [-0.05, 0) is 31.4 Å². The number of aryl methyl sites for hydroxylation is 2. The van der Waals surface area contributed by atoms with Gasteiger partial charge < -0.3 is 9.73 Å². The number of hydrogen-bond acceptors (Lipinski definition) is 5. The second kappa shape index (κ2) is 6.51. The molecule has 0 saturated carbocycles. The number of nitrogens with zero attached hydrogens (tertiary/aromatic N) is 3. The van der Waals surface area contributed by atoms with E-state index in [1.165, 1.54) is 10.9 Å². The molecule has 130 valence electrons. The van der Waals surface area contributed by atoms with Crippen LogP contribution in [0.4, 0.5) is 5.82 Å². The molecule has 25 heavy (non-hydrogen) atoms. The number of fused-ring (bicyclic) bond motifs is 1. The van der Waals surface area contributed by atoms with Gasteiger partial charge in [0.1, 0.15) is 23.3 Å². The van der Waals surface area contributed by atoms with Crippen LogP contribution < -0.4 is 10.9 Å². The molecular formula is C18H20N4O3. The number of nitrogens with one attached hydrogen (secondary N) is 1. The van der Waals surface area contributed by atoms with E-state index < -0.39 is 5.91 Å². The molecule has 7 heteroatoms. The van der Waals surface area contributed by atoms with Gasteiger partial charge in [0, 0.05) is 12.7 Å². The zero-order valence-electron chi connectivity index (χ0n) is 14.7. The molecule has 0 aliphatic carbocycles. The summed E-state index contributed by atoms with van der Waals surface area (Å²) in [6, 6.07) is 3.64. The highest BCUT2D eigenvalue weighted by Crippen LogP contribution is 2.22. The first-order chi connectivity index (χ1) is 11.9. The Labute approximate surface area is 144 Å². The summed E-state index contributed by atoms with van der Waals surface area (Å²) in [5.41, 5.74) is 0.927. The number of pyridine rings is 1. The molecule has 1 amide bonds. The molecule has 0 fully saturated rings. The maximum absolute atomic E-state index is 12.8. The van der Waals surface area contributed by atoms with E-state index in [2.05, 4.69) is 15.3 Å². The largest absolute Gasteiger partial charge is 0.442 e. The van der Waals surface area contributed by atoms with E-state index >= 15 is 0 Å². The van der Waals surface area contributed by atoms with Crippen LogP contribution in [0.25, 0.3) is 11.1 Å². The van der Waals surface area contributed by atoms with E-state index in [4.69, 9.17) is 4.42 Å². The second-order valence-corrected chi connectivity index (χ2v) is 6.43. The van der Waals surface area contributed by atoms with E-state index in [0.717, 1.165) is 5.56 Å². The first kappa shape index (κ1) is 16.9. The summed E-state index contributed by atoms with van der Waals surface area (Å²) in [5.74, 6) is 0.651. The normalized spacial score (nSPS) is 11.2. The number of aromatic nitrogens is 3. The molecule has 0 spiro atoms. The molecule has 0 bridgehead atoms. The SMILES string of the molecule is Cc1cccnc1NC(=O)c1c(C)oc2ncn(CC(C)C)c(=O)c12. The smallest absolute Gasteiger partial charge is 0.265 e. The molecule has 0 atom stereocenters. The number of carbonyl (C=O) groups is 1. The van der Waals surface area contributed by atoms with Crippen molar-refractivity contribution in [2.24, 2.45) is 5.92 Å². The van der Waals surface area contributed by atoms with E-state index in [1.807, 2.05) is 26.8 Å². The minimum absolute atomic E-state index is 0.172. The first-order valence-corrected chi connectivity index (χ1v) is 8.10. The van der Waals surface area contributed by atoms with Gasteiger partial charge in [-0.25, -0.2) is 9.97 Å². The van der Waals surface area contributed by atoms with Crippen LogP contribution in [0.1, 0.15) is 35.5 Å². The van der Waals surface area contributed by atoms with Gasteiger partial charge >= 0.3 is 0 Å². The first-order valence-electron chi connectivity index (χ1n) is 8.10. The summed E-state index contributed by atoms with van der Waals surface area (Å²) < 4.78 is 7.03. The maximum atomic E-state index is 12.8. The molecule has 0 aromatic carbocycles. The average Bonchev–Trinajstić information content (AvgIpc) is 2.89. The Bertz CT molecular complexity index is 1000. The second-order valence-electron chi connectivity index (χ2n) is 6.43. The number of anilines is 1. The van der Waals surface area contributed by atoms with Crippen molar-refractivity contribution in [1.82, 2.24) is 14.5 Å². The lowest BCUT2D eigenvalue weighted by molar-refractivity contribution is 0.102. The number of rotatable bonds is 4. The standard InChI is InChI=1S/C18H20N4O3/c1-10(2)8-22-9-20-17-14(18(22)24)13(12(4)25-17)16(23)21-15-11(3)6-5-7-19-15/h5-7,9-10H,8H2,1-4H3,(H,19,21,23). The molecule has 0 unspecified atom stereocenters. The summed E-state index contributed by atoms with van der Waals surface area (Å²) >= 11 is 0. The molecule has 1 N–H and O–H groups in total. The van der Waals surface area contributed by atoms with Crippen molar-refractivity contribution < 1.29 is 9.21 Å². The summed E-state index contributed by atoms with van der Waals surface area (Å²) in [6.07, 6.45) is 3.05. The lowest BCUT2D eigenvalue weighted by Crippen LogP contribution is -2.24. The zero-order valence-corrected chi connectivity index (χ0v) is 14.7. The highest BCUT2D eigenvalue weighted by molar-refractivity contribution is 6.12. The van der Waals surface area contributed by atoms with Crippen LogP contribution in [-0.2, 0) is 6.54 Å². The minimum Gasteiger partial charge on any atom is -0.442 e. The van der Waals surface area contributed by atoms with Crippen molar-refractivity contribution in [3.8, 4) is 0 Å². The summed E-state index contributed by atoms with van der Waals surface area (Å²) in [5, 5.41) is 2.95. The predicted molar refractivity (Wildman–Crippen MR) is 94.8 cm³/mol. The van der Waals surface area contributed by atoms with Gasteiger partial charge in [0.25, 0.3) is 11.5 Å². The van der Waals surface area contributed by atoms with Crippen molar-refractivity contribution in [3.05, 3.63) is 51.9 Å². The fourth-order valence-electron chi connectivity index (χ4n) is 2.72. The Balaban J connectivity index is 2.09. The van der Waals surface area contributed by atoms with E-state index in [1.54, 1.807) is 19.2 Å². The number of hydrogen-bond donors (Lipinski definition) is 1. The van der Waals surface area contributed by atoms with Crippen LogP contribution in [0.15, 0.2) is 33.9 Å². The lowest BCUT2D eigenvalue weighted by Gasteiger charge is -2.08. The predicted octanol–water partition coefficient (Wildman–Crippen LogP) is 2.91. The third-order valence-corrected chi connectivity index (χ3v) is 3.89. The molecule has 0 radical (unpaired) electrons. The average molecular weight is 340 g/mol. The summed E-state index contributed by atoms with van der Waals surface area (Å²) in [7, 11) is 0.